The standard InChI is InChI=1S/C13H14N4O2/c1-17(7-4-10-2-5-14-6-3-10)12-9-15-11(8-16-12)13(18)19/h2-3,5-6,8-9H,4,7H2,1H3,(H,18,19). The summed E-state index contributed by atoms with van der Waals surface area (Å²) in [6.45, 7) is 0.769. The normalized spacial score (nSPS) is 10.2. The van der Waals surface area contributed by atoms with E-state index in [2.05, 4.69) is 15.0 Å². The van der Waals surface area contributed by atoms with Crippen molar-refractivity contribution in [2.75, 3.05) is 18.5 Å². The maximum absolute atomic E-state index is 10.7. The first-order valence-electron chi connectivity index (χ1n) is 5.82. The van der Waals surface area contributed by atoms with E-state index in [9.17, 15) is 4.79 Å². The lowest BCUT2D eigenvalue weighted by Gasteiger charge is -2.17. The molecule has 2 rings (SSSR count). The number of carboxylic acid groups (broad SMARTS) is 1. The molecule has 0 aromatic carbocycles. The highest BCUT2D eigenvalue weighted by Crippen LogP contribution is 2.08. The number of carbonyl (C=O) groups is 1. The van der Waals surface area contributed by atoms with Gasteiger partial charge in [0.1, 0.15) is 5.82 Å². The van der Waals surface area contributed by atoms with Crippen LogP contribution in [0.3, 0.4) is 0 Å². The fraction of sp³-hybridized carbons (Fsp3) is 0.231. The number of anilines is 1. The van der Waals surface area contributed by atoms with E-state index in [1.807, 2.05) is 24.1 Å². The fourth-order valence-electron chi connectivity index (χ4n) is 1.59. The van der Waals surface area contributed by atoms with Crippen molar-refractivity contribution in [1.82, 2.24) is 15.0 Å². The Hall–Kier alpha value is -2.50. The minimum atomic E-state index is -1.07. The second-order valence-electron chi connectivity index (χ2n) is 4.09. The highest BCUT2D eigenvalue weighted by molar-refractivity contribution is 5.84. The SMILES string of the molecule is CN(CCc1ccncc1)c1cnc(C(=O)O)cn1. The lowest BCUT2D eigenvalue weighted by molar-refractivity contribution is 0.0690. The quantitative estimate of drug-likeness (QED) is 0.869. The summed E-state index contributed by atoms with van der Waals surface area (Å²) in [5.41, 5.74) is 1.14. The van der Waals surface area contributed by atoms with Gasteiger partial charge in [-0.2, -0.15) is 0 Å². The first-order chi connectivity index (χ1) is 9.16. The zero-order valence-corrected chi connectivity index (χ0v) is 10.5. The molecule has 19 heavy (non-hydrogen) atoms. The summed E-state index contributed by atoms with van der Waals surface area (Å²) in [4.78, 5) is 24.5. The molecular weight excluding hydrogens is 244 g/mol. The number of aromatic nitrogens is 3. The van der Waals surface area contributed by atoms with Crippen LogP contribution < -0.4 is 4.90 Å². The topological polar surface area (TPSA) is 79.2 Å². The Kier molecular flexibility index (Phi) is 4.02. The van der Waals surface area contributed by atoms with Crippen molar-refractivity contribution in [3.05, 3.63) is 48.2 Å². The third-order valence-corrected chi connectivity index (χ3v) is 2.73. The van der Waals surface area contributed by atoms with Crippen LogP contribution in [-0.4, -0.2) is 39.6 Å². The first-order valence-corrected chi connectivity index (χ1v) is 5.82. The molecule has 98 valence electrons. The number of aromatic carboxylic acids is 1. The van der Waals surface area contributed by atoms with Crippen molar-refractivity contribution in [2.45, 2.75) is 6.42 Å². The van der Waals surface area contributed by atoms with Gasteiger partial charge >= 0.3 is 5.97 Å². The van der Waals surface area contributed by atoms with Gasteiger partial charge in [-0.3, -0.25) is 4.98 Å². The molecule has 6 nitrogen and oxygen atoms in total. The van der Waals surface area contributed by atoms with Gasteiger partial charge in [0.05, 0.1) is 12.4 Å². The average molecular weight is 258 g/mol. The molecule has 2 aromatic rings. The summed E-state index contributed by atoms with van der Waals surface area (Å²) in [5.74, 6) is -0.419. The maximum Gasteiger partial charge on any atom is 0.356 e. The number of carboxylic acids is 1. The van der Waals surface area contributed by atoms with Gasteiger partial charge in [-0.25, -0.2) is 14.8 Å². The van der Waals surface area contributed by atoms with Crippen LogP contribution in [0.4, 0.5) is 5.82 Å². The number of pyridine rings is 1. The monoisotopic (exact) mass is 258 g/mol. The molecule has 2 aromatic heterocycles. The Morgan fingerprint density at radius 2 is 2.00 bits per heavy atom. The van der Waals surface area contributed by atoms with Gasteiger partial charge in [0, 0.05) is 26.0 Å². The van der Waals surface area contributed by atoms with Crippen molar-refractivity contribution in [1.29, 1.82) is 0 Å². The molecule has 0 unspecified atom stereocenters. The van der Waals surface area contributed by atoms with E-state index in [1.54, 1.807) is 12.4 Å². The summed E-state index contributed by atoms with van der Waals surface area (Å²) in [6.07, 6.45) is 7.12. The van der Waals surface area contributed by atoms with Crippen LogP contribution >= 0.6 is 0 Å². The van der Waals surface area contributed by atoms with Gasteiger partial charge < -0.3 is 10.0 Å². The van der Waals surface area contributed by atoms with E-state index in [0.29, 0.717) is 5.82 Å². The van der Waals surface area contributed by atoms with Crippen LogP contribution in [0.5, 0.6) is 0 Å². The molecule has 1 N–H and O–H groups in total. The molecule has 0 bridgehead atoms. The number of hydrogen-bond acceptors (Lipinski definition) is 5. The summed E-state index contributed by atoms with van der Waals surface area (Å²) < 4.78 is 0. The van der Waals surface area contributed by atoms with Gasteiger partial charge in [-0.05, 0) is 24.1 Å². The highest BCUT2D eigenvalue weighted by Gasteiger charge is 2.07. The molecule has 0 aliphatic rings. The number of likely N-dealkylation sites (N-methyl/N-ethyl adjacent to an activating group) is 1. The zero-order valence-electron chi connectivity index (χ0n) is 10.5. The molecule has 0 aliphatic carbocycles. The Bertz CT molecular complexity index is 542. The predicted molar refractivity (Wildman–Crippen MR) is 70.2 cm³/mol. The minimum Gasteiger partial charge on any atom is -0.476 e. The summed E-state index contributed by atoms with van der Waals surface area (Å²) >= 11 is 0. The fourth-order valence-corrected chi connectivity index (χ4v) is 1.59. The Labute approximate surface area is 110 Å². The number of hydrogen-bond donors (Lipinski definition) is 1. The van der Waals surface area contributed by atoms with Crippen molar-refractivity contribution < 1.29 is 9.90 Å². The zero-order chi connectivity index (χ0) is 13.7. The lowest BCUT2D eigenvalue weighted by atomic mass is 10.2. The minimum absolute atomic E-state index is 0.0497. The van der Waals surface area contributed by atoms with Crippen LogP contribution in [0.2, 0.25) is 0 Å². The smallest absolute Gasteiger partial charge is 0.356 e. The second-order valence-corrected chi connectivity index (χ2v) is 4.09. The largest absolute Gasteiger partial charge is 0.476 e. The van der Waals surface area contributed by atoms with E-state index in [1.165, 1.54) is 18.0 Å². The van der Waals surface area contributed by atoms with E-state index in [0.717, 1.165) is 13.0 Å². The van der Waals surface area contributed by atoms with Crippen LogP contribution in [0, 0.1) is 0 Å². The molecule has 0 fully saturated rings. The second kappa shape index (κ2) is 5.90. The van der Waals surface area contributed by atoms with Gasteiger partial charge in [-0.1, -0.05) is 0 Å². The highest BCUT2D eigenvalue weighted by atomic mass is 16.4. The first kappa shape index (κ1) is 12.9. The summed E-state index contributed by atoms with van der Waals surface area (Å²) in [6, 6.07) is 3.93. The van der Waals surface area contributed by atoms with Crippen LogP contribution in [0.15, 0.2) is 36.9 Å². The Morgan fingerprint density at radius 3 is 2.58 bits per heavy atom. The molecule has 0 atom stereocenters. The van der Waals surface area contributed by atoms with Crippen LogP contribution in [0.1, 0.15) is 16.1 Å². The van der Waals surface area contributed by atoms with E-state index in [-0.39, 0.29) is 5.69 Å². The van der Waals surface area contributed by atoms with Crippen LogP contribution in [0.25, 0.3) is 0 Å². The average Bonchev–Trinajstić information content (AvgIpc) is 2.46. The Morgan fingerprint density at radius 1 is 1.26 bits per heavy atom. The van der Waals surface area contributed by atoms with E-state index >= 15 is 0 Å². The van der Waals surface area contributed by atoms with E-state index < -0.39 is 5.97 Å². The van der Waals surface area contributed by atoms with Gasteiger partial charge in [-0.15, -0.1) is 0 Å². The van der Waals surface area contributed by atoms with Gasteiger partial charge in [0.15, 0.2) is 5.69 Å². The molecule has 0 saturated carbocycles. The summed E-state index contributed by atoms with van der Waals surface area (Å²) in [5, 5.41) is 8.74. The maximum atomic E-state index is 10.7. The van der Waals surface area contributed by atoms with Crippen molar-refractivity contribution in [3.63, 3.8) is 0 Å². The summed E-state index contributed by atoms with van der Waals surface area (Å²) in [7, 11) is 1.89. The third-order valence-electron chi connectivity index (χ3n) is 2.73. The molecule has 0 spiro atoms. The molecule has 0 aliphatic heterocycles. The van der Waals surface area contributed by atoms with Crippen LogP contribution in [-0.2, 0) is 6.42 Å². The number of rotatable bonds is 5. The third kappa shape index (κ3) is 3.48. The molecule has 2 heterocycles. The van der Waals surface area contributed by atoms with Gasteiger partial charge in [0.25, 0.3) is 0 Å². The van der Waals surface area contributed by atoms with Crippen molar-refractivity contribution in [2.24, 2.45) is 0 Å². The Balaban J connectivity index is 1.96. The predicted octanol–water partition coefficient (Wildman–Crippen LogP) is 1.25. The van der Waals surface area contributed by atoms with Crippen molar-refractivity contribution in [3.8, 4) is 0 Å². The molecule has 0 saturated heterocycles. The molecular formula is C13H14N4O2. The molecule has 0 radical (unpaired) electrons. The molecule has 6 heteroatoms. The lowest BCUT2D eigenvalue weighted by Crippen LogP contribution is -2.22. The number of nitrogens with zero attached hydrogens (tertiary/aromatic N) is 4. The van der Waals surface area contributed by atoms with Crippen molar-refractivity contribution >= 4 is 11.8 Å². The van der Waals surface area contributed by atoms with Gasteiger partial charge in [0.2, 0.25) is 0 Å². The molecule has 0 amide bonds. The van der Waals surface area contributed by atoms with E-state index in [4.69, 9.17) is 5.11 Å².